The third-order valence-corrected chi connectivity index (χ3v) is 5.32. The van der Waals surface area contributed by atoms with Gasteiger partial charge in [0.05, 0.1) is 11.0 Å². The van der Waals surface area contributed by atoms with E-state index in [2.05, 4.69) is 10.0 Å². The first-order valence-corrected chi connectivity index (χ1v) is 8.99. The smallest absolute Gasteiger partial charge is 0.251 e. The maximum absolute atomic E-state index is 12.2. The van der Waals surface area contributed by atoms with Crippen molar-refractivity contribution in [2.24, 2.45) is 0 Å². The zero-order valence-corrected chi connectivity index (χ0v) is 13.4. The number of carbonyl (C=O) groups is 1. The van der Waals surface area contributed by atoms with Crippen LogP contribution in [-0.4, -0.2) is 38.1 Å². The predicted molar refractivity (Wildman–Crippen MR) is 83.0 cm³/mol. The van der Waals surface area contributed by atoms with Crippen molar-refractivity contribution in [2.45, 2.75) is 49.6 Å². The number of rotatable bonds is 5. The highest BCUT2D eigenvalue weighted by Gasteiger charge is 2.22. The molecule has 6 nitrogen and oxygen atoms in total. The van der Waals surface area contributed by atoms with Crippen LogP contribution in [0.2, 0.25) is 0 Å². The van der Waals surface area contributed by atoms with Gasteiger partial charge in [0.15, 0.2) is 0 Å². The number of nitrogens with one attached hydrogen (secondary N) is 2. The molecule has 0 heterocycles. The molecular weight excluding hydrogens is 304 g/mol. The van der Waals surface area contributed by atoms with Crippen molar-refractivity contribution >= 4 is 15.9 Å². The number of aliphatic hydroxyl groups excluding tert-OH is 1. The highest BCUT2D eigenvalue weighted by atomic mass is 32.2. The lowest BCUT2D eigenvalue weighted by Crippen LogP contribution is -2.38. The number of aliphatic hydroxyl groups is 1. The standard InChI is InChI=1S/C15H22N2O4S/c1-2-16-22(20,21)14-5-3-4-11(10-14)15(19)17-12-6-8-13(18)9-7-12/h3-5,10,12-13,16,18H,2,6-9H2,1H3,(H,17,19). The molecule has 0 atom stereocenters. The van der Waals surface area contributed by atoms with Crippen LogP contribution >= 0.6 is 0 Å². The van der Waals surface area contributed by atoms with Gasteiger partial charge < -0.3 is 10.4 Å². The van der Waals surface area contributed by atoms with Gasteiger partial charge in [-0.1, -0.05) is 13.0 Å². The van der Waals surface area contributed by atoms with Gasteiger partial charge in [0, 0.05) is 18.2 Å². The highest BCUT2D eigenvalue weighted by molar-refractivity contribution is 7.89. The summed E-state index contributed by atoms with van der Waals surface area (Å²) >= 11 is 0. The molecule has 22 heavy (non-hydrogen) atoms. The molecule has 0 aromatic heterocycles. The summed E-state index contributed by atoms with van der Waals surface area (Å²) in [6.45, 7) is 1.99. The van der Waals surface area contributed by atoms with Crippen molar-refractivity contribution in [3.63, 3.8) is 0 Å². The van der Waals surface area contributed by atoms with Gasteiger partial charge in [-0.25, -0.2) is 13.1 Å². The fourth-order valence-corrected chi connectivity index (χ4v) is 3.65. The minimum atomic E-state index is -3.57. The second-order valence-corrected chi connectivity index (χ2v) is 7.28. The molecule has 0 spiro atoms. The van der Waals surface area contributed by atoms with Crippen LogP contribution in [0.25, 0.3) is 0 Å². The average molecular weight is 326 g/mol. The third kappa shape index (κ3) is 4.28. The molecule has 1 aromatic carbocycles. The van der Waals surface area contributed by atoms with Crippen LogP contribution in [-0.2, 0) is 10.0 Å². The second-order valence-electron chi connectivity index (χ2n) is 5.51. The van der Waals surface area contributed by atoms with E-state index >= 15 is 0 Å². The van der Waals surface area contributed by atoms with E-state index in [9.17, 15) is 18.3 Å². The fraction of sp³-hybridized carbons (Fsp3) is 0.533. The number of sulfonamides is 1. The molecule has 1 aromatic rings. The summed E-state index contributed by atoms with van der Waals surface area (Å²) < 4.78 is 26.3. The summed E-state index contributed by atoms with van der Waals surface area (Å²) in [5.74, 6) is -0.282. The Morgan fingerprint density at radius 3 is 2.59 bits per heavy atom. The van der Waals surface area contributed by atoms with E-state index in [0.29, 0.717) is 24.9 Å². The summed E-state index contributed by atoms with van der Waals surface area (Å²) in [5.41, 5.74) is 0.324. The molecule has 0 radical (unpaired) electrons. The van der Waals surface area contributed by atoms with Gasteiger partial charge >= 0.3 is 0 Å². The summed E-state index contributed by atoms with van der Waals surface area (Å²) in [6.07, 6.45) is 2.56. The zero-order valence-electron chi connectivity index (χ0n) is 12.6. The van der Waals surface area contributed by atoms with Gasteiger partial charge in [0.1, 0.15) is 0 Å². The van der Waals surface area contributed by atoms with E-state index in [0.717, 1.165) is 12.8 Å². The van der Waals surface area contributed by atoms with Crippen molar-refractivity contribution < 1.29 is 18.3 Å². The number of amides is 1. The first-order valence-electron chi connectivity index (χ1n) is 7.51. The fourth-order valence-electron chi connectivity index (χ4n) is 2.57. The Morgan fingerprint density at radius 1 is 1.27 bits per heavy atom. The Labute approximate surface area is 131 Å². The van der Waals surface area contributed by atoms with E-state index in [1.807, 2.05) is 0 Å². The molecule has 1 aliphatic carbocycles. The Bertz CT molecular complexity index is 622. The molecule has 1 amide bonds. The average Bonchev–Trinajstić information content (AvgIpc) is 2.50. The lowest BCUT2D eigenvalue weighted by atomic mass is 9.93. The van der Waals surface area contributed by atoms with Crippen LogP contribution in [0.3, 0.4) is 0 Å². The van der Waals surface area contributed by atoms with Crippen LogP contribution in [0.1, 0.15) is 43.0 Å². The van der Waals surface area contributed by atoms with Crippen LogP contribution in [0.5, 0.6) is 0 Å². The minimum Gasteiger partial charge on any atom is -0.393 e. The normalized spacial score (nSPS) is 22.3. The van der Waals surface area contributed by atoms with Crippen LogP contribution in [0.15, 0.2) is 29.2 Å². The van der Waals surface area contributed by atoms with E-state index in [-0.39, 0.29) is 22.9 Å². The molecule has 7 heteroatoms. The minimum absolute atomic E-state index is 0.0323. The highest BCUT2D eigenvalue weighted by Crippen LogP contribution is 2.19. The van der Waals surface area contributed by atoms with Gasteiger partial charge in [-0.3, -0.25) is 4.79 Å². The van der Waals surface area contributed by atoms with Gasteiger partial charge in [-0.15, -0.1) is 0 Å². The zero-order chi connectivity index (χ0) is 16.2. The maximum Gasteiger partial charge on any atom is 0.251 e. The molecule has 3 N–H and O–H groups in total. The lowest BCUT2D eigenvalue weighted by Gasteiger charge is -2.26. The van der Waals surface area contributed by atoms with E-state index < -0.39 is 10.0 Å². The molecule has 0 aliphatic heterocycles. The quantitative estimate of drug-likeness (QED) is 0.753. The van der Waals surface area contributed by atoms with Crippen molar-refractivity contribution in [2.75, 3.05) is 6.54 Å². The van der Waals surface area contributed by atoms with Crippen molar-refractivity contribution in [3.05, 3.63) is 29.8 Å². The molecule has 2 rings (SSSR count). The van der Waals surface area contributed by atoms with Crippen molar-refractivity contribution in [3.8, 4) is 0 Å². The number of benzene rings is 1. The Hall–Kier alpha value is -1.44. The summed E-state index contributed by atoms with van der Waals surface area (Å²) in [6, 6.07) is 6.03. The van der Waals surface area contributed by atoms with E-state index in [1.165, 1.54) is 12.1 Å². The van der Waals surface area contributed by atoms with E-state index in [1.54, 1.807) is 19.1 Å². The van der Waals surface area contributed by atoms with Gasteiger partial charge in [-0.05, 0) is 43.9 Å². The molecule has 0 bridgehead atoms. The lowest BCUT2D eigenvalue weighted by molar-refractivity contribution is 0.0867. The monoisotopic (exact) mass is 326 g/mol. The van der Waals surface area contributed by atoms with Gasteiger partial charge in [-0.2, -0.15) is 0 Å². The summed E-state index contributed by atoms with van der Waals surface area (Å²) in [4.78, 5) is 12.3. The largest absolute Gasteiger partial charge is 0.393 e. The van der Waals surface area contributed by atoms with Crippen molar-refractivity contribution in [1.82, 2.24) is 10.0 Å². The Balaban J connectivity index is 2.07. The van der Waals surface area contributed by atoms with Crippen LogP contribution in [0, 0.1) is 0 Å². The molecule has 0 saturated heterocycles. The number of hydrogen-bond donors (Lipinski definition) is 3. The maximum atomic E-state index is 12.2. The van der Waals surface area contributed by atoms with Gasteiger partial charge in [0.2, 0.25) is 10.0 Å². The molecule has 1 fully saturated rings. The number of carbonyl (C=O) groups excluding carboxylic acids is 1. The molecular formula is C15H22N2O4S. The topological polar surface area (TPSA) is 95.5 Å². The first kappa shape index (κ1) is 16.9. The molecule has 122 valence electrons. The number of hydrogen-bond acceptors (Lipinski definition) is 4. The van der Waals surface area contributed by atoms with Gasteiger partial charge in [0.25, 0.3) is 5.91 Å². The van der Waals surface area contributed by atoms with Crippen LogP contribution in [0.4, 0.5) is 0 Å². The van der Waals surface area contributed by atoms with Crippen LogP contribution < -0.4 is 10.0 Å². The summed E-state index contributed by atoms with van der Waals surface area (Å²) in [5, 5.41) is 12.4. The summed E-state index contributed by atoms with van der Waals surface area (Å²) in [7, 11) is -3.57. The third-order valence-electron chi connectivity index (χ3n) is 3.77. The van der Waals surface area contributed by atoms with E-state index in [4.69, 9.17) is 0 Å². The second kappa shape index (κ2) is 7.21. The Morgan fingerprint density at radius 2 is 1.95 bits per heavy atom. The molecule has 1 saturated carbocycles. The SMILES string of the molecule is CCNS(=O)(=O)c1cccc(C(=O)NC2CCC(O)CC2)c1. The van der Waals surface area contributed by atoms with Crippen molar-refractivity contribution in [1.29, 1.82) is 0 Å². The first-order chi connectivity index (χ1) is 10.4. The molecule has 0 unspecified atom stereocenters. The predicted octanol–water partition coefficient (Wildman–Crippen LogP) is 1.02. The molecule has 1 aliphatic rings. The Kier molecular flexibility index (Phi) is 5.55.